The average Bonchev–Trinajstić information content (AvgIpc) is 3.61. The van der Waals surface area contributed by atoms with Crippen molar-refractivity contribution in [3.8, 4) is 5.75 Å². The van der Waals surface area contributed by atoms with E-state index in [1.54, 1.807) is 7.11 Å². The summed E-state index contributed by atoms with van der Waals surface area (Å²) >= 11 is 5.83. The molecule has 2 N–H and O–H groups in total. The first-order valence-electron chi connectivity index (χ1n) is 13.1. The number of benzene rings is 1. The van der Waals surface area contributed by atoms with E-state index >= 15 is 0 Å². The van der Waals surface area contributed by atoms with Crippen molar-refractivity contribution in [3.63, 3.8) is 0 Å². The second-order valence-electron chi connectivity index (χ2n) is 9.95. The minimum atomic E-state index is -0.0940. The number of anilines is 1. The monoisotopic (exact) mass is 517 g/mol. The third-order valence-corrected chi connectivity index (χ3v) is 8.04. The number of methoxy groups -OCH3 is 1. The van der Waals surface area contributed by atoms with Crippen molar-refractivity contribution in [1.82, 2.24) is 19.8 Å². The summed E-state index contributed by atoms with van der Waals surface area (Å²) in [5, 5.41) is 7.16. The van der Waals surface area contributed by atoms with Crippen LogP contribution in [0.4, 0.5) is 5.69 Å². The Balaban J connectivity index is 1.42. The summed E-state index contributed by atoms with van der Waals surface area (Å²) in [5.41, 5.74) is 5.43. The molecule has 1 aliphatic carbocycles. The maximum atomic E-state index is 13.0. The number of aromatic nitrogens is 2. The molecule has 0 spiro atoms. The van der Waals surface area contributed by atoms with Crippen LogP contribution in [-0.2, 0) is 4.79 Å². The maximum absolute atomic E-state index is 13.0. The number of nitrogens with zero attached hydrogens (tertiary/aromatic N) is 3. The lowest BCUT2D eigenvalue weighted by Gasteiger charge is -2.28. The molecule has 5 rings (SSSR count). The Bertz CT molecular complexity index is 1270. The Morgan fingerprint density at radius 2 is 1.92 bits per heavy atom. The van der Waals surface area contributed by atoms with Gasteiger partial charge in [0.1, 0.15) is 5.75 Å². The summed E-state index contributed by atoms with van der Waals surface area (Å²) in [6.45, 7) is 4.92. The minimum absolute atomic E-state index is 0.0529. The van der Waals surface area contributed by atoms with Crippen LogP contribution in [0.25, 0.3) is 0 Å². The lowest BCUT2D eigenvalue weighted by Crippen LogP contribution is -2.33. The SMILES string of the molecule is COc1ccccc1NC(=O)CCN1C(=S)N[C@@H](c2ccccn2)[C@@H]1c1cc(C)n(C2CCCC2)c1C. The molecular formula is C29H35N5O2S. The molecule has 3 aromatic rings. The number of thiocarbonyl (C=S) groups is 1. The highest BCUT2D eigenvalue weighted by molar-refractivity contribution is 7.80. The standard InChI is InChI=1S/C29H35N5O2S/c1-19-18-22(20(2)34(19)21-10-4-5-11-21)28-27(24-13-8-9-16-30-24)32-29(37)33(28)17-15-26(35)31-23-12-6-7-14-25(23)36-3/h6-9,12-14,16,18,21,27-28H,4-5,10-11,15,17H2,1-3H3,(H,31,35)(H,32,37)/t27-,28-/m0/s1. The third-order valence-electron chi connectivity index (χ3n) is 7.69. The Morgan fingerprint density at radius 3 is 2.65 bits per heavy atom. The number of carbonyl (C=O) groups excluding carboxylic acids is 1. The lowest BCUT2D eigenvalue weighted by atomic mass is 9.96. The van der Waals surface area contributed by atoms with Crippen molar-refractivity contribution < 1.29 is 9.53 Å². The molecule has 7 nitrogen and oxygen atoms in total. The zero-order valence-electron chi connectivity index (χ0n) is 21.7. The first kappa shape index (κ1) is 25.3. The number of pyridine rings is 1. The summed E-state index contributed by atoms with van der Waals surface area (Å²) < 4.78 is 7.90. The summed E-state index contributed by atoms with van der Waals surface area (Å²) in [7, 11) is 1.60. The fourth-order valence-corrected chi connectivity index (χ4v) is 6.33. The molecule has 8 heteroatoms. The molecule has 2 aliphatic rings. The van der Waals surface area contributed by atoms with E-state index in [-0.39, 0.29) is 18.0 Å². The zero-order chi connectivity index (χ0) is 25.9. The van der Waals surface area contributed by atoms with Crippen LogP contribution in [0, 0.1) is 13.8 Å². The fraction of sp³-hybridized carbons (Fsp3) is 0.414. The zero-order valence-corrected chi connectivity index (χ0v) is 22.6. The molecule has 1 aromatic carbocycles. The van der Waals surface area contributed by atoms with Crippen molar-refractivity contribution in [3.05, 3.63) is 77.4 Å². The third kappa shape index (κ3) is 5.07. The lowest BCUT2D eigenvalue weighted by molar-refractivity contribution is -0.116. The van der Waals surface area contributed by atoms with Gasteiger partial charge in [-0.3, -0.25) is 9.78 Å². The topological polar surface area (TPSA) is 71.4 Å². The van der Waals surface area contributed by atoms with Gasteiger partial charge >= 0.3 is 0 Å². The van der Waals surface area contributed by atoms with Crippen LogP contribution >= 0.6 is 12.2 Å². The smallest absolute Gasteiger partial charge is 0.226 e. The quantitative estimate of drug-likeness (QED) is 0.378. The first-order valence-corrected chi connectivity index (χ1v) is 13.5. The summed E-state index contributed by atoms with van der Waals surface area (Å²) in [6, 6.07) is 16.1. The van der Waals surface area contributed by atoms with E-state index in [0.29, 0.717) is 35.6 Å². The van der Waals surface area contributed by atoms with Crippen LogP contribution in [0.15, 0.2) is 54.7 Å². The van der Waals surface area contributed by atoms with Gasteiger partial charge in [0.15, 0.2) is 5.11 Å². The van der Waals surface area contributed by atoms with Gasteiger partial charge < -0.3 is 24.8 Å². The molecule has 0 unspecified atom stereocenters. The number of amides is 1. The van der Waals surface area contributed by atoms with Gasteiger partial charge in [-0.2, -0.15) is 0 Å². The normalized spacial score (nSPS) is 19.8. The van der Waals surface area contributed by atoms with Crippen LogP contribution in [0.3, 0.4) is 0 Å². The highest BCUT2D eigenvalue weighted by Crippen LogP contribution is 2.43. The summed E-state index contributed by atoms with van der Waals surface area (Å²) in [4.78, 5) is 19.8. The van der Waals surface area contributed by atoms with Crippen LogP contribution in [0.1, 0.15) is 72.9 Å². The van der Waals surface area contributed by atoms with Gasteiger partial charge in [0.25, 0.3) is 0 Å². The maximum Gasteiger partial charge on any atom is 0.226 e. The van der Waals surface area contributed by atoms with Crippen LogP contribution < -0.4 is 15.4 Å². The Kier molecular flexibility index (Phi) is 7.46. The second kappa shape index (κ2) is 10.9. The number of carbonyl (C=O) groups is 1. The van der Waals surface area contributed by atoms with Gasteiger partial charge in [-0.15, -0.1) is 0 Å². The van der Waals surface area contributed by atoms with Crippen LogP contribution in [0.5, 0.6) is 5.75 Å². The molecule has 194 valence electrons. The van der Waals surface area contributed by atoms with Gasteiger partial charge in [0.05, 0.1) is 30.6 Å². The van der Waals surface area contributed by atoms with Crippen molar-refractivity contribution in [1.29, 1.82) is 0 Å². The number of para-hydroxylation sites is 2. The second-order valence-corrected chi connectivity index (χ2v) is 10.3. The van der Waals surface area contributed by atoms with Gasteiger partial charge in [-0.05, 0) is 74.8 Å². The van der Waals surface area contributed by atoms with Crippen molar-refractivity contribution >= 4 is 28.9 Å². The summed E-state index contributed by atoms with van der Waals surface area (Å²) in [6.07, 6.45) is 7.16. The molecule has 0 radical (unpaired) electrons. The largest absolute Gasteiger partial charge is 0.495 e. The van der Waals surface area contributed by atoms with E-state index in [0.717, 1.165) is 5.69 Å². The summed E-state index contributed by atoms with van der Waals surface area (Å²) in [5.74, 6) is 0.561. The molecule has 1 saturated carbocycles. The van der Waals surface area contributed by atoms with E-state index in [1.165, 1.54) is 42.6 Å². The molecule has 3 heterocycles. The first-order chi connectivity index (χ1) is 18.0. The predicted molar refractivity (Wildman–Crippen MR) is 150 cm³/mol. The van der Waals surface area contributed by atoms with Gasteiger partial charge in [0, 0.05) is 36.6 Å². The molecule has 37 heavy (non-hydrogen) atoms. The highest BCUT2D eigenvalue weighted by Gasteiger charge is 2.41. The van der Waals surface area contributed by atoms with Crippen LogP contribution in [-0.4, -0.2) is 39.1 Å². The number of aryl methyl sites for hydroxylation is 1. The van der Waals surface area contributed by atoms with Crippen molar-refractivity contribution in [2.75, 3.05) is 19.0 Å². The molecular weight excluding hydrogens is 482 g/mol. The molecule has 1 amide bonds. The van der Waals surface area contributed by atoms with E-state index in [1.807, 2.05) is 48.7 Å². The molecule has 2 aromatic heterocycles. The molecule has 2 atom stereocenters. The number of ether oxygens (including phenoxy) is 1. The van der Waals surface area contributed by atoms with Gasteiger partial charge in [-0.25, -0.2) is 0 Å². The molecule has 0 bridgehead atoms. The average molecular weight is 518 g/mol. The Hall–Kier alpha value is -3.39. The van der Waals surface area contributed by atoms with Crippen molar-refractivity contribution in [2.24, 2.45) is 0 Å². The number of rotatable bonds is 8. The van der Waals surface area contributed by atoms with Crippen molar-refractivity contribution in [2.45, 2.75) is 64.1 Å². The Morgan fingerprint density at radius 1 is 1.16 bits per heavy atom. The molecule has 2 fully saturated rings. The number of hydrogen-bond acceptors (Lipinski definition) is 4. The van der Waals surface area contributed by atoms with E-state index < -0.39 is 0 Å². The van der Waals surface area contributed by atoms with E-state index in [4.69, 9.17) is 17.0 Å². The molecule has 1 aliphatic heterocycles. The van der Waals surface area contributed by atoms with E-state index in [9.17, 15) is 4.79 Å². The number of nitrogens with one attached hydrogen (secondary N) is 2. The van der Waals surface area contributed by atoms with Gasteiger partial charge in [0.2, 0.25) is 5.91 Å². The van der Waals surface area contributed by atoms with Crippen LogP contribution in [0.2, 0.25) is 0 Å². The fourth-order valence-electron chi connectivity index (χ4n) is 5.99. The predicted octanol–water partition coefficient (Wildman–Crippen LogP) is 5.62. The Labute approximate surface area is 224 Å². The number of hydrogen-bond donors (Lipinski definition) is 2. The van der Waals surface area contributed by atoms with E-state index in [2.05, 4.69) is 45.0 Å². The highest BCUT2D eigenvalue weighted by atomic mass is 32.1. The molecule has 1 saturated heterocycles. The minimum Gasteiger partial charge on any atom is -0.495 e. The van der Waals surface area contributed by atoms with Gasteiger partial charge in [-0.1, -0.05) is 31.0 Å².